The maximum Gasteiger partial charge on any atom is 0.323 e. The van der Waals surface area contributed by atoms with Gasteiger partial charge in [-0.1, -0.05) is 0 Å². The molecule has 0 saturated heterocycles. The number of aromatic nitrogens is 2. The molecule has 0 aliphatic rings. The zero-order chi connectivity index (χ0) is 12.7. The van der Waals surface area contributed by atoms with Crippen LogP contribution in [-0.2, 0) is 0 Å². The quantitative estimate of drug-likeness (QED) is 0.674. The molecule has 0 unspecified atom stereocenters. The van der Waals surface area contributed by atoms with Gasteiger partial charge >= 0.3 is 5.69 Å². The Bertz CT molecular complexity index is 792. The first kappa shape index (κ1) is 10.6. The van der Waals surface area contributed by atoms with Crippen LogP contribution in [0.4, 0.5) is 0 Å². The smallest absolute Gasteiger partial charge is 0.323 e. The highest BCUT2D eigenvalue weighted by Crippen LogP contribution is 2.17. The number of carbonyl (C=O) groups is 1. The normalized spacial score (nSPS) is 10.9. The summed E-state index contributed by atoms with van der Waals surface area (Å²) >= 11 is 0. The summed E-state index contributed by atoms with van der Waals surface area (Å²) < 4.78 is 5.11. The van der Waals surface area contributed by atoms with Crippen LogP contribution in [0.15, 0.2) is 39.7 Å². The number of H-pyrrole nitrogens is 2. The number of fused-ring (bicyclic) bond motifs is 1. The van der Waals surface area contributed by atoms with Crippen molar-refractivity contribution in [2.24, 2.45) is 0 Å². The highest BCUT2D eigenvalue weighted by atomic mass is 16.3. The molecule has 0 bridgehead atoms. The van der Waals surface area contributed by atoms with Gasteiger partial charge in [-0.2, -0.15) is 0 Å². The highest BCUT2D eigenvalue weighted by Gasteiger charge is 2.14. The maximum atomic E-state index is 12.2. The number of benzene rings is 1. The van der Waals surface area contributed by atoms with E-state index in [-0.39, 0.29) is 11.5 Å². The minimum atomic E-state index is -0.283. The van der Waals surface area contributed by atoms with Crippen LogP contribution >= 0.6 is 0 Å². The van der Waals surface area contributed by atoms with Crippen LogP contribution < -0.4 is 5.69 Å². The van der Waals surface area contributed by atoms with Crippen molar-refractivity contribution in [3.63, 3.8) is 0 Å². The average Bonchev–Trinajstić information content (AvgIpc) is 2.91. The Kier molecular flexibility index (Phi) is 2.19. The summed E-state index contributed by atoms with van der Waals surface area (Å²) in [4.78, 5) is 28.6. The maximum absolute atomic E-state index is 12.2. The number of aromatic amines is 2. The van der Waals surface area contributed by atoms with Crippen LogP contribution in [0.5, 0.6) is 0 Å². The first-order valence-electron chi connectivity index (χ1n) is 5.46. The van der Waals surface area contributed by atoms with Gasteiger partial charge in [0.05, 0.1) is 22.9 Å². The molecule has 1 aromatic carbocycles. The van der Waals surface area contributed by atoms with E-state index in [0.717, 1.165) is 0 Å². The molecule has 0 radical (unpaired) electrons. The number of aryl methyl sites for hydroxylation is 1. The fraction of sp³-hybridized carbons (Fsp3) is 0.0769. The Hall–Kier alpha value is -2.56. The van der Waals surface area contributed by atoms with Gasteiger partial charge in [-0.25, -0.2) is 4.79 Å². The lowest BCUT2D eigenvalue weighted by Crippen LogP contribution is -2.01. The summed E-state index contributed by atoms with van der Waals surface area (Å²) in [5.74, 6) is 0.466. The van der Waals surface area contributed by atoms with Gasteiger partial charge in [-0.15, -0.1) is 0 Å². The zero-order valence-corrected chi connectivity index (χ0v) is 9.61. The van der Waals surface area contributed by atoms with Crippen LogP contribution in [0.3, 0.4) is 0 Å². The fourth-order valence-electron chi connectivity index (χ4n) is 1.95. The van der Waals surface area contributed by atoms with E-state index < -0.39 is 0 Å². The summed E-state index contributed by atoms with van der Waals surface area (Å²) in [7, 11) is 0. The van der Waals surface area contributed by atoms with E-state index in [1.165, 1.54) is 6.26 Å². The second kappa shape index (κ2) is 3.73. The standard InChI is InChI=1S/C13H10N2O3/c1-7-9(4-5-18-7)12(16)8-2-3-10-11(6-8)15-13(17)14-10/h2-6H,1H3,(H2,14,15,17). The zero-order valence-electron chi connectivity index (χ0n) is 9.61. The van der Waals surface area contributed by atoms with Gasteiger partial charge in [0.1, 0.15) is 5.76 Å². The molecule has 0 fully saturated rings. The Morgan fingerprint density at radius 2 is 1.94 bits per heavy atom. The van der Waals surface area contributed by atoms with Gasteiger partial charge in [-0.05, 0) is 31.2 Å². The van der Waals surface area contributed by atoms with Crippen molar-refractivity contribution in [1.82, 2.24) is 9.97 Å². The lowest BCUT2D eigenvalue weighted by atomic mass is 10.0. The van der Waals surface area contributed by atoms with Crippen LogP contribution in [0.2, 0.25) is 0 Å². The van der Waals surface area contributed by atoms with Crippen LogP contribution in [0, 0.1) is 6.92 Å². The second-order valence-electron chi connectivity index (χ2n) is 4.06. The summed E-state index contributed by atoms with van der Waals surface area (Å²) in [6, 6.07) is 6.68. The molecule has 2 heterocycles. The van der Waals surface area contributed by atoms with Crippen molar-refractivity contribution in [3.05, 3.63) is 57.9 Å². The van der Waals surface area contributed by atoms with Crippen LogP contribution in [0.25, 0.3) is 11.0 Å². The molecule has 18 heavy (non-hydrogen) atoms. The van der Waals surface area contributed by atoms with E-state index >= 15 is 0 Å². The SMILES string of the molecule is Cc1occc1C(=O)c1ccc2[nH]c(=O)[nH]c2c1. The Balaban J connectivity index is 2.12. The van der Waals surface area contributed by atoms with Crippen molar-refractivity contribution in [3.8, 4) is 0 Å². The largest absolute Gasteiger partial charge is 0.469 e. The number of furan rings is 1. The van der Waals surface area contributed by atoms with Gasteiger partial charge in [0.2, 0.25) is 0 Å². The number of carbonyl (C=O) groups excluding carboxylic acids is 1. The topological polar surface area (TPSA) is 78.9 Å². The van der Waals surface area contributed by atoms with E-state index in [4.69, 9.17) is 4.42 Å². The lowest BCUT2D eigenvalue weighted by molar-refractivity contribution is 0.103. The van der Waals surface area contributed by atoms with Crippen molar-refractivity contribution in [2.45, 2.75) is 6.92 Å². The number of imidazole rings is 1. The van der Waals surface area contributed by atoms with E-state index in [1.54, 1.807) is 31.2 Å². The van der Waals surface area contributed by atoms with Gasteiger partial charge in [-0.3, -0.25) is 4.79 Å². The highest BCUT2D eigenvalue weighted by molar-refractivity contribution is 6.10. The van der Waals surface area contributed by atoms with Crippen molar-refractivity contribution >= 4 is 16.8 Å². The number of hydrogen-bond donors (Lipinski definition) is 2. The molecule has 2 aromatic heterocycles. The molecule has 5 nitrogen and oxygen atoms in total. The molecule has 90 valence electrons. The predicted octanol–water partition coefficient (Wildman–Crippen LogP) is 1.99. The average molecular weight is 242 g/mol. The molecule has 0 aliphatic carbocycles. The van der Waals surface area contributed by atoms with E-state index in [9.17, 15) is 9.59 Å². The van der Waals surface area contributed by atoms with Gasteiger partial charge < -0.3 is 14.4 Å². The molecule has 0 atom stereocenters. The molecule has 3 rings (SSSR count). The minimum Gasteiger partial charge on any atom is -0.469 e. The first-order valence-corrected chi connectivity index (χ1v) is 5.46. The fourth-order valence-corrected chi connectivity index (χ4v) is 1.95. The predicted molar refractivity (Wildman–Crippen MR) is 65.8 cm³/mol. The molecule has 0 aliphatic heterocycles. The van der Waals surface area contributed by atoms with Crippen molar-refractivity contribution < 1.29 is 9.21 Å². The summed E-state index contributed by atoms with van der Waals surface area (Å²) in [6.45, 7) is 1.74. The third kappa shape index (κ3) is 1.57. The molecule has 3 aromatic rings. The number of ketones is 1. The second-order valence-corrected chi connectivity index (χ2v) is 4.06. The van der Waals surface area contributed by atoms with Gasteiger partial charge in [0, 0.05) is 5.56 Å². The summed E-state index contributed by atoms with van der Waals surface area (Å²) in [6.07, 6.45) is 1.49. The Morgan fingerprint density at radius 3 is 2.67 bits per heavy atom. The Labute approximate surface area is 101 Å². The van der Waals surface area contributed by atoms with Crippen molar-refractivity contribution in [1.29, 1.82) is 0 Å². The van der Waals surface area contributed by atoms with E-state index in [0.29, 0.717) is 27.9 Å². The van der Waals surface area contributed by atoms with Crippen LogP contribution in [-0.4, -0.2) is 15.8 Å². The van der Waals surface area contributed by atoms with E-state index in [1.807, 2.05) is 0 Å². The molecular formula is C13H10N2O3. The summed E-state index contributed by atoms with van der Waals surface area (Å²) in [5, 5.41) is 0. The number of hydrogen-bond acceptors (Lipinski definition) is 3. The minimum absolute atomic E-state index is 0.120. The van der Waals surface area contributed by atoms with E-state index in [2.05, 4.69) is 9.97 Å². The monoisotopic (exact) mass is 242 g/mol. The number of rotatable bonds is 2. The van der Waals surface area contributed by atoms with Gasteiger partial charge in [0.15, 0.2) is 5.78 Å². The molecule has 2 N–H and O–H groups in total. The summed E-state index contributed by atoms with van der Waals surface area (Å²) in [5.41, 5.74) is 2.07. The first-order chi connectivity index (χ1) is 8.65. The molecule has 0 saturated carbocycles. The number of nitrogens with one attached hydrogen (secondary N) is 2. The third-order valence-corrected chi connectivity index (χ3v) is 2.88. The molecule has 0 spiro atoms. The molecular weight excluding hydrogens is 232 g/mol. The van der Waals surface area contributed by atoms with Crippen LogP contribution in [0.1, 0.15) is 21.7 Å². The molecule has 5 heteroatoms. The molecule has 0 amide bonds. The van der Waals surface area contributed by atoms with Gasteiger partial charge in [0.25, 0.3) is 0 Å². The lowest BCUT2D eigenvalue weighted by Gasteiger charge is -1.99. The Morgan fingerprint density at radius 1 is 1.17 bits per heavy atom. The van der Waals surface area contributed by atoms with Crippen molar-refractivity contribution in [2.75, 3.05) is 0 Å². The third-order valence-electron chi connectivity index (χ3n) is 2.88.